The zero-order valence-electron chi connectivity index (χ0n) is 46.4. The third-order valence-electron chi connectivity index (χ3n) is 12.0. The molecular formula is C48H83B5N14O12. The normalized spacial score (nSPS) is 11.3. The maximum absolute atomic E-state index is 13.1. The summed E-state index contributed by atoms with van der Waals surface area (Å²) in [6, 6.07) is -1.04. The number of ketones is 1. The van der Waals surface area contributed by atoms with Crippen LogP contribution in [-0.4, -0.2) is 223 Å². The van der Waals surface area contributed by atoms with Gasteiger partial charge in [-0.1, -0.05) is 33.1 Å². The minimum absolute atomic E-state index is 0.0218. The third-order valence-corrected chi connectivity index (χ3v) is 12.0. The van der Waals surface area contributed by atoms with Crippen LogP contribution in [0.15, 0.2) is 0 Å². The lowest BCUT2D eigenvalue weighted by Crippen LogP contribution is -2.52. The molecule has 11 amide bonds. The number of amides is 11. The lowest BCUT2D eigenvalue weighted by Gasteiger charge is -2.29. The van der Waals surface area contributed by atoms with E-state index >= 15 is 0 Å². The van der Waals surface area contributed by atoms with Gasteiger partial charge in [0.1, 0.15) is 5.78 Å². The van der Waals surface area contributed by atoms with Gasteiger partial charge in [-0.2, -0.15) is 0 Å². The molecule has 0 aliphatic carbocycles. The van der Waals surface area contributed by atoms with E-state index in [4.69, 9.17) is 39.9 Å². The Hall–Kier alpha value is -5.96. The van der Waals surface area contributed by atoms with Crippen molar-refractivity contribution in [2.75, 3.05) is 91.6 Å². The molecule has 0 aromatic heterocycles. The maximum Gasteiger partial charge on any atom is 0.234 e. The molecule has 0 aliphatic rings. The summed E-state index contributed by atoms with van der Waals surface area (Å²) < 4.78 is 0. The molecule has 0 saturated heterocycles. The first-order valence-electron chi connectivity index (χ1n) is 27.1. The summed E-state index contributed by atoms with van der Waals surface area (Å²) in [5, 5.41) is 26.7. The Labute approximate surface area is 472 Å². The SMILES string of the molecule is [B]NC(=O)CCCCCNC(=O)CN(CC(=O)NCCCCCNC(=O)CN(CC(=O)NCCCCCC(=O)N[B])CC(=O)NCCCC[C@@H](C(=O)N[B])N(CC(=O)N[B])CC(=O)N[B])CC(=O)NCCCCCC(=O)C(C)C. The number of hydrogen-bond donors (Lipinski definition) is 11. The van der Waals surface area contributed by atoms with Gasteiger partial charge < -0.3 is 58.0 Å². The minimum atomic E-state index is -1.04. The Balaban J connectivity index is 5.30. The largest absolute Gasteiger partial charge is 0.409 e. The van der Waals surface area contributed by atoms with Gasteiger partial charge in [-0.15, -0.1) is 0 Å². The molecular weight excluding hydrogens is 1020 g/mol. The highest BCUT2D eigenvalue weighted by Crippen LogP contribution is 2.10. The van der Waals surface area contributed by atoms with Gasteiger partial charge in [0, 0.05) is 64.4 Å². The van der Waals surface area contributed by atoms with E-state index in [1.54, 1.807) is 0 Å². The molecule has 0 unspecified atom stereocenters. The number of nitrogens with one attached hydrogen (secondary N) is 11. The minimum Gasteiger partial charge on any atom is -0.409 e. The summed E-state index contributed by atoms with van der Waals surface area (Å²) in [6.07, 6.45) is 9.29. The highest BCUT2D eigenvalue weighted by molar-refractivity contribution is 6.17. The second-order valence-corrected chi connectivity index (χ2v) is 19.2. The summed E-state index contributed by atoms with van der Waals surface area (Å²) in [6.45, 7) is 3.01. The molecule has 26 nitrogen and oxygen atoms in total. The molecule has 79 heavy (non-hydrogen) atoms. The van der Waals surface area contributed by atoms with Crippen molar-refractivity contribution in [1.82, 2.24) is 72.7 Å². The molecule has 0 fully saturated rings. The van der Waals surface area contributed by atoms with Crippen LogP contribution in [0.3, 0.4) is 0 Å². The Morgan fingerprint density at radius 3 is 0.873 bits per heavy atom. The van der Waals surface area contributed by atoms with Gasteiger partial charge in [-0.25, -0.2) is 0 Å². The van der Waals surface area contributed by atoms with Crippen molar-refractivity contribution < 1.29 is 57.5 Å². The van der Waals surface area contributed by atoms with Gasteiger partial charge in [0.05, 0.1) is 58.4 Å². The lowest BCUT2D eigenvalue weighted by molar-refractivity contribution is -0.131. The fraction of sp³-hybridized carbons (Fsp3) is 0.750. The van der Waals surface area contributed by atoms with E-state index in [1.165, 1.54) is 14.7 Å². The van der Waals surface area contributed by atoms with Crippen LogP contribution in [-0.2, 0) is 57.5 Å². The molecule has 31 heteroatoms. The second-order valence-electron chi connectivity index (χ2n) is 19.2. The first kappa shape index (κ1) is 73.0. The Morgan fingerprint density at radius 2 is 0.595 bits per heavy atom. The van der Waals surface area contributed by atoms with Crippen molar-refractivity contribution in [3.05, 3.63) is 0 Å². The molecule has 0 spiro atoms. The molecule has 432 valence electrons. The van der Waals surface area contributed by atoms with Gasteiger partial charge in [0.25, 0.3) is 0 Å². The number of nitrogens with zero attached hydrogens (tertiary/aromatic N) is 3. The van der Waals surface area contributed by atoms with E-state index in [9.17, 15) is 57.5 Å². The average Bonchev–Trinajstić information content (AvgIpc) is 3.41. The zero-order valence-corrected chi connectivity index (χ0v) is 46.4. The molecule has 0 bridgehead atoms. The first-order valence-corrected chi connectivity index (χ1v) is 27.1. The van der Waals surface area contributed by atoms with Crippen molar-refractivity contribution in [2.24, 2.45) is 5.92 Å². The summed E-state index contributed by atoms with van der Waals surface area (Å²) in [5.74, 6) is -4.95. The molecule has 0 heterocycles. The monoisotopic (exact) mass is 1100 g/mol. The van der Waals surface area contributed by atoms with Crippen LogP contribution in [0.25, 0.3) is 0 Å². The molecule has 10 radical (unpaired) electrons. The number of carbonyl (C=O) groups is 12. The fourth-order valence-corrected chi connectivity index (χ4v) is 7.67. The topological polar surface area (TPSA) is 347 Å². The summed E-state index contributed by atoms with van der Waals surface area (Å²) in [4.78, 5) is 153. The predicted octanol–water partition coefficient (Wildman–Crippen LogP) is -4.80. The molecule has 0 rings (SSSR count). The smallest absolute Gasteiger partial charge is 0.234 e. The van der Waals surface area contributed by atoms with Crippen molar-refractivity contribution in [3.8, 4) is 0 Å². The quantitative estimate of drug-likeness (QED) is 0.0201. The van der Waals surface area contributed by atoms with Gasteiger partial charge in [0.15, 0.2) is 0 Å². The predicted molar refractivity (Wildman–Crippen MR) is 299 cm³/mol. The fourth-order valence-electron chi connectivity index (χ4n) is 7.67. The number of unbranched alkanes of at least 4 members (excludes halogenated alkanes) is 9. The summed E-state index contributed by atoms with van der Waals surface area (Å²) >= 11 is 0. The van der Waals surface area contributed by atoms with Crippen LogP contribution < -0.4 is 58.0 Å². The van der Waals surface area contributed by atoms with Crippen LogP contribution in [0.2, 0.25) is 0 Å². The number of Topliss-reactive ketones (excluding diaryl/α,β-unsaturated/α-hetero) is 1. The number of carbonyl (C=O) groups excluding carboxylic acids is 12. The maximum atomic E-state index is 13.1. The third kappa shape index (κ3) is 40.8. The van der Waals surface area contributed by atoms with E-state index in [0.717, 1.165) is 12.8 Å². The van der Waals surface area contributed by atoms with Crippen LogP contribution in [0.1, 0.15) is 129 Å². The molecule has 1 atom stereocenters. The van der Waals surface area contributed by atoms with Crippen LogP contribution in [0, 0.1) is 5.92 Å². The van der Waals surface area contributed by atoms with Crippen molar-refractivity contribution in [3.63, 3.8) is 0 Å². The molecule has 0 aromatic carbocycles. The Morgan fingerprint density at radius 1 is 0.316 bits per heavy atom. The van der Waals surface area contributed by atoms with Crippen molar-refractivity contribution in [1.29, 1.82) is 0 Å². The van der Waals surface area contributed by atoms with E-state index in [-0.39, 0.29) is 113 Å². The molecule has 11 N–H and O–H groups in total. The summed E-state index contributed by atoms with van der Waals surface area (Å²) in [5.41, 5.74) is 0. The van der Waals surface area contributed by atoms with E-state index in [0.29, 0.717) is 103 Å². The standard InChI is InChI=1S/C48H83B5N14O12/c1-35(2)37(68)18-7-3-11-21-54-40(71)27-65(28-41(72)55-22-12-4-8-19-38(69)60-49)30-43(74)57-24-14-6-15-25-58-44(75)31-66(29-42(73)56-23-13-5-9-20-39(70)61-50)32-45(76)59-26-16-10-17-36(48(79)64-53)67(33-46(77)62-51)34-47(78)63-52/h35-36H,3-34H2,1-2H3,(H,54,71)(H,55,72)(H,56,73)(H,57,74)(H,58,75)(H,59,76)(H,60,69)(H,61,70)(H,62,77)(H,63,78)(H,64,79)/t36-/m0/s1. The average molecular weight is 1100 g/mol. The van der Waals surface area contributed by atoms with Gasteiger partial charge in [-0.3, -0.25) is 72.2 Å². The number of rotatable bonds is 48. The van der Waals surface area contributed by atoms with E-state index < -0.39 is 60.5 Å². The second kappa shape index (κ2) is 46.9. The molecule has 0 saturated carbocycles. The van der Waals surface area contributed by atoms with Crippen LogP contribution in [0.4, 0.5) is 0 Å². The van der Waals surface area contributed by atoms with Gasteiger partial charge in [0.2, 0.25) is 105 Å². The Bertz CT molecular complexity index is 1880. The molecule has 0 aromatic rings. The molecule has 0 aliphatic heterocycles. The van der Waals surface area contributed by atoms with Crippen LogP contribution in [0.5, 0.6) is 0 Å². The Kier molecular flexibility index (Phi) is 43.4. The summed E-state index contributed by atoms with van der Waals surface area (Å²) in [7, 11) is 26.0. The zero-order chi connectivity index (χ0) is 59.2. The first-order chi connectivity index (χ1) is 37.8. The van der Waals surface area contributed by atoms with E-state index in [1.807, 2.05) is 29.5 Å². The van der Waals surface area contributed by atoms with Gasteiger partial charge in [-0.05, 0) is 77.0 Å². The van der Waals surface area contributed by atoms with Crippen molar-refractivity contribution >= 4 is 111 Å². The van der Waals surface area contributed by atoms with Crippen molar-refractivity contribution in [2.45, 2.75) is 135 Å². The number of hydrogen-bond acceptors (Lipinski definition) is 15. The highest BCUT2D eigenvalue weighted by Gasteiger charge is 2.28. The lowest BCUT2D eigenvalue weighted by atomic mass is 10.0. The highest BCUT2D eigenvalue weighted by atomic mass is 16.2. The van der Waals surface area contributed by atoms with Crippen LogP contribution >= 0.6 is 0 Å². The van der Waals surface area contributed by atoms with E-state index in [2.05, 4.69) is 42.4 Å². The van der Waals surface area contributed by atoms with Gasteiger partial charge >= 0.3 is 0 Å².